The van der Waals surface area contributed by atoms with Gasteiger partial charge in [-0.15, -0.1) is 12.4 Å². The molecule has 4 rings (SSSR count). The number of halogens is 3. The zero-order valence-electron chi connectivity index (χ0n) is 16.2. The fourth-order valence-electron chi connectivity index (χ4n) is 4.19. The van der Waals surface area contributed by atoms with Crippen LogP contribution in [0, 0.1) is 17.6 Å². The van der Waals surface area contributed by atoms with Gasteiger partial charge in [-0.2, -0.15) is 0 Å². The maximum atomic E-state index is 14.2. The smallest absolute Gasteiger partial charge is 0.226 e. The zero-order valence-corrected chi connectivity index (χ0v) is 17.0. The molecule has 156 valence electrons. The van der Waals surface area contributed by atoms with E-state index in [1.807, 2.05) is 23.1 Å². The van der Waals surface area contributed by atoms with Crippen LogP contribution in [-0.2, 0) is 11.3 Å². The van der Waals surface area contributed by atoms with Crippen LogP contribution >= 0.6 is 12.4 Å². The molecule has 2 aromatic rings. The average Bonchev–Trinajstić information content (AvgIpc) is 3.50. The summed E-state index contributed by atoms with van der Waals surface area (Å²) >= 11 is 0. The molecule has 2 aliphatic rings. The van der Waals surface area contributed by atoms with Gasteiger partial charge in [-0.05, 0) is 68.5 Å². The number of carbonyl (C=O) groups is 1. The van der Waals surface area contributed by atoms with Gasteiger partial charge in [-0.1, -0.05) is 12.1 Å². The molecule has 1 aromatic heterocycles. The molecule has 0 bridgehead atoms. The Morgan fingerprint density at radius 1 is 1.17 bits per heavy atom. The van der Waals surface area contributed by atoms with Crippen LogP contribution in [0.3, 0.4) is 0 Å². The van der Waals surface area contributed by atoms with Gasteiger partial charge in [0.1, 0.15) is 11.6 Å². The molecule has 1 saturated carbocycles. The van der Waals surface area contributed by atoms with Crippen molar-refractivity contribution in [3.8, 4) is 0 Å². The molecule has 3 unspecified atom stereocenters. The number of amides is 1. The van der Waals surface area contributed by atoms with E-state index in [1.54, 1.807) is 6.20 Å². The van der Waals surface area contributed by atoms with E-state index in [0.29, 0.717) is 18.5 Å². The summed E-state index contributed by atoms with van der Waals surface area (Å²) in [6.45, 7) is 2.33. The van der Waals surface area contributed by atoms with Gasteiger partial charge < -0.3 is 10.2 Å². The van der Waals surface area contributed by atoms with Crippen LogP contribution in [-0.4, -0.2) is 34.9 Å². The SMILES string of the molecule is Cl.O=C(C1CC1c1ccc(F)cc1F)N(Cc1ccccn1)C1CCCNCC1. The van der Waals surface area contributed by atoms with Crippen molar-refractivity contribution in [2.24, 2.45) is 5.92 Å². The number of hydrogen-bond acceptors (Lipinski definition) is 3. The van der Waals surface area contributed by atoms with Crippen molar-refractivity contribution < 1.29 is 13.6 Å². The number of pyridine rings is 1. The highest BCUT2D eigenvalue weighted by atomic mass is 35.5. The van der Waals surface area contributed by atoms with Gasteiger partial charge in [-0.3, -0.25) is 9.78 Å². The number of nitrogens with one attached hydrogen (secondary N) is 1. The maximum Gasteiger partial charge on any atom is 0.226 e. The van der Waals surface area contributed by atoms with Crippen LogP contribution in [0.15, 0.2) is 42.6 Å². The molecule has 4 nitrogen and oxygen atoms in total. The summed E-state index contributed by atoms with van der Waals surface area (Å²) in [6, 6.07) is 9.51. The van der Waals surface area contributed by atoms with Crippen molar-refractivity contribution in [2.45, 2.75) is 44.2 Å². The van der Waals surface area contributed by atoms with E-state index in [9.17, 15) is 13.6 Å². The monoisotopic (exact) mass is 421 g/mol. The molecule has 3 atom stereocenters. The van der Waals surface area contributed by atoms with Crippen molar-refractivity contribution in [2.75, 3.05) is 13.1 Å². The minimum absolute atomic E-state index is 0. The summed E-state index contributed by atoms with van der Waals surface area (Å²) in [5, 5.41) is 3.39. The van der Waals surface area contributed by atoms with Gasteiger partial charge in [0.2, 0.25) is 5.91 Å². The van der Waals surface area contributed by atoms with Crippen molar-refractivity contribution >= 4 is 18.3 Å². The van der Waals surface area contributed by atoms with Gasteiger partial charge >= 0.3 is 0 Å². The number of benzene rings is 1. The van der Waals surface area contributed by atoms with Crippen LogP contribution in [0.2, 0.25) is 0 Å². The number of aromatic nitrogens is 1. The minimum atomic E-state index is -0.590. The topological polar surface area (TPSA) is 45.2 Å². The van der Waals surface area contributed by atoms with E-state index in [0.717, 1.165) is 44.1 Å². The molecule has 2 heterocycles. The standard InChI is InChI=1S/C22H25F2N3O.ClH/c23-15-6-7-18(21(24)12-15)19-13-20(19)22(28)27(14-16-4-1-2-10-26-16)17-5-3-9-25-11-8-17;/h1-2,4,6-7,10,12,17,19-20,25H,3,5,8-9,11,13-14H2;1H. The first-order valence-corrected chi connectivity index (χ1v) is 9.99. The number of hydrogen-bond donors (Lipinski definition) is 1. The summed E-state index contributed by atoms with van der Waals surface area (Å²) in [7, 11) is 0. The Kier molecular flexibility index (Phi) is 7.19. The van der Waals surface area contributed by atoms with Gasteiger partial charge in [0.15, 0.2) is 0 Å². The molecular formula is C22H26ClF2N3O. The highest BCUT2D eigenvalue weighted by Crippen LogP contribution is 2.49. The van der Waals surface area contributed by atoms with Crippen molar-refractivity contribution in [1.29, 1.82) is 0 Å². The lowest BCUT2D eigenvalue weighted by atomic mass is 10.0. The lowest BCUT2D eigenvalue weighted by Gasteiger charge is -2.31. The molecule has 1 amide bonds. The predicted octanol–water partition coefficient (Wildman–Crippen LogP) is 4.06. The van der Waals surface area contributed by atoms with E-state index < -0.39 is 11.6 Å². The molecule has 7 heteroatoms. The predicted molar refractivity (Wildman–Crippen MR) is 110 cm³/mol. The fourth-order valence-corrected chi connectivity index (χ4v) is 4.19. The van der Waals surface area contributed by atoms with Gasteiger partial charge in [0.05, 0.1) is 12.2 Å². The van der Waals surface area contributed by atoms with Gasteiger partial charge in [0, 0.05) is 24.2 Å². The summed E-state index contributed by atoms with van der Waals surface area (Å²) in [5.41, 5.74) is 1.30. The molecule has 1 N–H and O–H groups in total. The number of nitrogens with zero attached hydrogens (tertiary/aromatic N) is 2. The van der Waals surface area contributed by atoms with Gasteiger partial charge in [0.25, 0.3) is 0 Å². The molecule has 1 saturated heterocycles. The highest BCUT2D eigenvalue weighted by molar-refractivity contribution is 5.85. The summed E-state index contributed by atoms with van der Waals surface area (Å²) < 4.78 is 27.4. The molecule has 1 aromatic carbocycles. The Hall–Kier alpha value is -2.05. The third-order valence-corrected chi connectivity index (χ3v) is 5.80. The Balaban J connectivity index is 0.00000240. The second kappa shape index (κ2) is 9.63. The second-order valence-corrected chi connectivity index (χ2v) is 7.74. The van der Waals surface area contributed by atoms with E-state index in [2.05, 4.69) is 10.3 Å². The molecule has 0 spiro atoms. The Morgan fingerprint density at radius 2 is 2.03 bits per heavy atom. The molecule has 29 heavy (non-hydrogen) atoms. The molecular weight excluding hydrogens is 396 g/mol. The van der Waals surface area contributed by atoms with Crippen LogP contribution in [0.4, 0.5) is 8.78 Å². The highest BCUT2D eigenvalue weighted by Gasteiger charge is 2.48. The first kappa shape index (κ1) is 21.7. The maximum absolute atomic E-state index is 14.2. The lowest BCUT2D eigenvalue weighted by Crippen LogP contribution is -2.41. The first-order valence-electron chi connectivity index (χ1n) is 9.99. The fraction of sp³-hybridized carbons (Fsp3) is 0.455. The van der Waals surface area contributed by atoms with Crippen molar-refractivity contribution in [3.05, 3.63) is 65.5 Å². The Bertz CT molecular complexity index is 828. The molecule has 2 fully saturated rings. The van der Waals surface area contributed by atoms with Crippen LogP contribution in [0.5, 0.6) is 0 Å². The Morgan fingerprint density at radius 3 is 2.79 bits per heavy atom. The summed E-state index contributed by atoms with van der Waals surface area (Å²) in [5.74, 6) is -1.49. The zero-order chi connectivity index (χ0) is 19.5. The largest absolute Gasteiger partial charge is 0.334 e. The van der Waals surface area contributed by atoms with Crippen LogP contribution in [0.25, 0.3) is 0 Å². The Labute approximate surface area is 176 Å². The van der Waals surface area contributed by atoms with Crippen LogP contribution in [0.1, 0.15) is 42.9 Å². The third kappa shape index (κ3) is 5.11. The lowest BCUT2D eigenvalue weighted by molar-refractivity contribution is -0.136. The minimum Gasteiger partial charge on any atom is -0.334 e. The van der Waals surface area contributed by atoms with Crippen molar-refractivity contribution in [1.82, 2.24) is 15.2 Å². The number of rotatable bonds is 5. The summed E-state index contributed by atoms with van der Waals surface area (Å²) in [4.78, 5) is 19.7. The van der Waals surface area contributed by atoms with Crippen LogP contribution < -0.4 is 5.32 Å². The molecule has 1 aliphatic carbocycles. The van der Waals surface area contributed by atoms with Gasteiger partial charge in [-0.25, -0.2) is 8.78 Å². The number of carbonyl (C=O) groups excluding carboxylic acids is 1. The van der Waals surface area contributed by atoms with E-state index in [1.165, 1.54) is 12.1 Å². The quantitative estimate of drug-likeness (QED) is 0.792. The van der Waals surface area contributed by atoms with Crippen molar-refractivity contribution in [3.63, 3.8) is 0 Å². The second-order valence-electron chi connectivity index (χ2n) is 7.74. The normalized spacial score (nSPS) is 23.6. The van der Waals surface area contributed by atoms with E-state index in [-0.39, 0.29) is 36.2 Å². The molecule has 1 aliphatic heterocycles. The summed E-state index contributed by atoms with van der Waals surface area (Å²) in [6.07, 6.45) is 5.23. The van der Waals surface area contributed by atoms with E-state index >= 15 is 0 Å². The van der Waals surface area contributed by atoms with E-state index in [4.69, 9.17) is 0 Å². The third-order valence-electron chi connectivity index (χ3n) is 5.80. The average molecular weight is 422 g/mol. The molecule has 0 radical (unpaired) electrons. The first-order chi connectivity index (χ1) is 13.6.